The molecular formula is C30H36N2O6. The van der Waals surface area contributed by atoms with Crippen molar-refractivity contribution in [2.75, 3.05) is 24.6 Å². The summed E-state index contributed by atoms with van der Waals surface area (Å²) in [5.41, 5.74) is -1.44. The summed E-state index contributed by atoms with van der Waals surface area (Å²) in [5.74, 6) is -3.52. The van der Waals surface area contributed by atoms with Gasteiger partial charge in [0.15, 0.2) is 0 Å². The van der Waals surface area contributed by atoms with E-state index < -0.39 is 35.0 Å². The predicted octanol–water partition coefficient (Wildman–Crippen LogP) is 3.76. The number of fused-ring (bicyclic) bond motifs is 2. The van der Waals surface area contributed by atoms with Crippen LogP contribution >= 0.6 is 0 Å². The number of hydrogen-bond donors (Lipinski definition) is 2. The lowest BCUT2D eigenvalue weighted by atomic mass is 9.65. The van der Waals surface area contributed by atoms with Crippen molar-refractivity contribution < 1.29 is 29.3 Å². The van der Waals surface area contributed by atoms with Crippen molar-refractivity contribution in [2.24, 2.45) is 11.8 Å². The molecule has 0 aromatic heterocycles. The number of ether oxygens (including phenoxy) is 1. The highest BCUT2D eigenvalue weighted by Crippen LogP contribution is 2.64. The Morgan fingerprint density at radius 2 is 1.92 bits per heavy atom. The van der Waals surface area contributed by atoms with Crippen LogP contribution in [-0.2, 0) is 19.1 Å². The standard InChI is InChI=1S/C30H36N2O6/c1-3-16-31(22-13-12-20-10-6-7-11-21(20)19-22)27(35)25-30-15-14-29(4-2,38-30)24(28(36)37)23(30)26(34)32(25)17-8-5-9-18-33/h3,6-7,10-13,19,23-25,33H,1,4-5,8-9,14-18H2,2H3,(H,36,37)/t23-,24-,25?,29+,30?/m0/s1. The third kappa shape index (κ3) is 3.93. The Bertz CT molecular complexity index is 1260. The number of aliphatic hydroxyl groups excluding tert-OH is 1. The first-order valence-corrected chi connectivity index (χ1v) is 13.6. The number of amides is 2. The zero-order chi connectivity index (χ0) is 27.1. The molecule has 2 amide bonds. The molecule has 0 aliphatic carbocycles. The molecule has 2 bridgehead atoms. The number of carboxylic acid groups (broad SMARTS) is 1. The molecule has 8 heteroatoms. The molecule has 2 aromatic rings. The summed E-state index contributed by atoms with van der Waals surface area (Å²) in [7, 11) is 0. The molecule has 8 nitrogen and oxygen atoms in total. The Labute approximate surface area is 222 Å². The van der Waals surface area contributed by atoms with Crippen LogP contribution in [0.25, 0.3) is 10.8 Å². The number of aliphatic carboxylic acids is 1. The second kappa shape index (κ2) is 10.2. The Hall–Kier alpha value is -3.23. The molecule has 3 aliphatic rings. The summed E-state index contributed by atoms with van der Waals surface area (Å²) in [5, 5.41) is 21.5. The fraction of sp³-hybridized carbons (Fsp3) is 0.500. The van der Waals surface area contributed by atoms with Crippen molar-refractivity contribution in [1.29, 1.82) is 0 Å². The van der Waals surface area contributed by atoms with E-state index in [1.807, 2.05) is 49.4 Å². The highest BCUT2D eigenvalue weighted by molar-refractivity contribution is 6.05. The van der Waals surface area contributed by atoms with Crippen molar-refractivity contribution in [3.8, 4) is 0 Å². The quantitative estimate of drug-likeness (QED) is 0.345. The van der Waals surface area contributed by atoms with E-state index in [-0.39, 0.29) is 25.0 Å². The monoisotopic (exact) mass is 520 g/mol. The summed E-state index contributed by atoms with van der Waals surface area (Å²) in [4.78, 5) is 44.2. The number of rotatable bonds is 11. The van der Waals surface area contributed by atoms with Crippen LogP contribution in [0.3, 0.4) is 0 Å². The molecule has 2 unspecified atom stereocenters. The summed E-state index contributed by atoms with van der Waals surface area (Å²) >= 11 is 0. The van der Waals surface area contributed by atoms with Gasteiger partial charge in [0.25, 0.3) is 5.91 Å². The average molecular weight is 521 g/mol. The van der Waals surface area contributed by atoms with E-state index in [4.69, 9.17) is 4.74 Å². The van der Waals surface area contributed by atoms with Gasteiger partial charge in [-0.05, 0) is 61.4 Å². The fourth-order valence-corrected chi connectivity index (χ4v) is 7.13. The van der Waals surface area contributed by atoms with Crippen LogP contribution in [0.4, 0.5) is 5.69 Å². The number of nitrogens with zero attached hydrogens (tertiary/aromatic N) is 2. The van der Waals surface area contributed by atoms with E-state index in [0.717, 1.165) is 10.8 Å². The maximum atomic E-state index is 14.5. The SMILES string of the molecule is C=CCN(C(=O)C1N(CCCCCO)C(=O)[C@@H]2[C@@H](C(=O)O)[C@@]3(CC)CCC12O3)c1ccc2ccccc2c1. The van der Waals surface area contributed by atoms with Gasteiger partial charge < -0.3 is 24.7 Å². The maximum Gasteiger partial charge on any atom is 0.310 e. The minimum atomic E-state index is -1.18. The topological polar surface area (TPSA) is 107 Å². The number of carbonyl (C=O) groups is 3. The summed E-state index contributed by atoms with van der Waals surface area (Å²) < 4.78 is 6.63. The van der Waals surface area contributed by atoms with Gasteiger partial charge in [-0.15, -0.1) is 6.58 Å². The van der Waals surface area contributed by atoms with Crippen LogP contribution < -0.4 is 4.90 Å². The minimum absolute atomic E-state index is 0.0567. The van der Waals surface area contributed by atoms with E-state index in [1.165, 1.54) is 0 Å². The lowest BCUT2D eigenvalue weighted by molar-refractivity contribution is -0.155. The van der Waals surface area contributed by atoms with Gasteiger partial charge in [-0.3, -0.25) is 14.4 Å². The van der Waals surface area contributed by atoms with Crippen molar-refractivity contribution in [1.82, 2.24) is 4.90 Å². The van der Waals surface area contributed by atoms with Crippen molar-refractivity contribution in [3.05, 3.63) is 55.1 Å². The molecule has 3 fully saturated rings. The lowest BCUT2D eigenvalue weighted by Crippen LogP contribution is -2.56. The van der Waals surface area contributed by atoms with Gasteiger partial charge in [0, 0.05) is 25.4 Å². The first-order chi connectivity index (χ1) is 18.3. The second-order valence-electron chi connectivity index (χ2n) is 10.8. The smallest absolute Gasteiger partial charge is 0.310 e. The van der Waals surface area contributed by atoms with Gasteiger partial charge in [0.2, 0.25) is 5.91 Å². The van der Waals surface area contributed by atoms with Crippen LogP contribution in [-0.4, -0.2) is 69.8 Å². The highest BCUT2D eigenvalue weighted by atomic mass is 16.5. The van der Waals surface area contributed by atoms with E-state index >= 15 is 0 Å². The normalized spacial score (nSPS) is 29.6. The number of unbranched alkanes of at least 4 members (excludes halogenated alkanes) is 2. The van der Waals surface area contributed by atoms with E-state index in [2.05, 4.69) is 6.58 Å². The molecule has 5 rings (SSSR count). The summed E-state index contributed by atoms with van der Waals surface area (Å²) in [6.07, 6.45) is 4.99. The molecule has 1 spiro atoms. The molecule has 0 saturated carbocycles. The largest absolute Gasteiger partial charge is 0.481 e. The van der Waals surface area contributed by atoms with Crippen LogP contribution in [0.15, 0.2) is 55.1 Å². The van der Waals surface area contributed by atoms with E-state index in [0.29, 0.717) is 50.8 Å². The molecule has 3 saturated heterocycles. The van der Waals surface area contributed by atoms with Crippen LogP contribution in [0.2, 0.25) is 0 Å². The Kier molecular flexibility index (Phi) is 7.05. The van der Waals surface area contributed by atoms with Gasteiger partial charge in [-0.25, -0.2) is 0 Å². The fourth-order valence-electron chi connectivity index (χ4n) is 7.13. The maximum absolute atomic E-state index is 14.5. The Morgan fingerprint density at radius 3 is 2.61 bits per heavy atom. The third-order valence-corrected chi connectivity index (χ3v) is 8.86. The number of hydrogen-bond acceptors (Lipinski definition) is 5. The van der Waals surface area contributed by atoms with E-state index in [9.17, 15) is 24.6 Å². The minimum Gasteiger partial charge on any atom is -0.481 e. The van der Waals surface area contributed by atoms with Crippen LogP contribution in [0.5, 0.6) is 0 Å². The molecule has 2 N–H and O–H groups in total. The molecular weight excluding hydrogens is 484 g/mol. The lowest BCUT2D eigenvalue weighted by Gasteiger charge is -2.37. The van der Waals surface area contributed by atoms with Crippen molar-refractivity contribution in [3.63, 3.8) is 0 Å². The van der Waals surface area contributed by atoms with Crippen LogP contribution in [0, 0.1) is 11.8 Å². The van der Waals surface area contributed by atoms with E-state index in [1.54, 1.807) is 15.9 Å². The highest BCUT2D eigenvalue weighted by Gasteiger charge is 2.79. The first-order valence-electron chi connectivity index (χ1n) is 13.6. The van der Waals surface area contributed by atoms with Crippen LogP contribution in [0.1, 0.15) is 45.4 Å². The molecule has 2 aromatic carbocycles. The zero-order valence-corrected chi connectivity index (χ0v) is 21.8. The number of carboxylic acids is 1. The molecule has 38 heavy (non-hydrogen) atoms. The molecule has 3 heterocycles. The molecule has 202 valence electrons. The number of likely N-dealkylation sites (tertiary alicyclic amines) is 1. The van der Waals surface area contributed by atoms with Gasteiger partial charge in [0.1, 0.15) is 17.6 Å². The van der Waals surface area contributed by atoms with Crippen molar-refractivity contribution in [2.45, 2.75) is 62.7 Å². The number of aliphatic hydroxyl groups is 1. The van der Waals surface area contributed by atoms with Gasteiger partial charge in [-0.1, -0.05) is 43.3 Å². The first kappa shape index (κ1) is 26.4. The number of benzene rings is 2. The number of carbonyl (C=O) groups excluding carboxylic acids is 2. The zero-order valence-electron chi connectivity index (χ0n) is 21.8. The molecule has 0 radical (unpaired) electrons. The van der Waals surface area contributed by atoms with Crippen molar-refractivity contribution >= 4 is 34.2 Å². The Balaban J connectivity index is 1.57. The predicted molar refractivity (Wildman–Crippen MR) is 144 cm³/mol. The average Bonchev–Trinajstić information content (AvgIpc) is 3.52. The number of anilines is 1. The summed E-state index contributed by atoms with van der Waals surface area (Å²) in [6, 6.07) is 12.8. The summed E-state index contributed by atoms with van der Waals surface area (Å²) in [6.45, 7) is 6.36. The second-order valence-corrected chi connectivity index (χ2v) is 10.8. The Morgan fingerprint density at radius 1 is 1.16 bits per heavy atom. The van der Waals surface area contributed by atoms with Gasteiger partial charge >= 0.3 is 5.97 Å². The molecule has 3 aliphatic heterocycles. The van der Waals surface area contributed by atoms with Gasteiger partial charge in [-0.2, -0.15) is 0 Å². The third-order valence-electron chi connectivity index (χ3n) is 8.86. The van der Waals surface area contributed by atoms with Gasteiger partial charge in [0.05, 0.1) is 11.5 Å². The molecule has 5 atom stereocenters.